The van der Waals surface area contributed by atoms with Crippen molar-refractivity contribution >= 4 is 5.78 Å². The summed E-state index contributed by atoms with van der Waals surface area (Å²) in [5.41, 5.74) is 1.82. The highest BCUT2D eigenvalue weighted by atomic mass is 15.3. The van der Waals surface area contributed by atoms with E-state index in [0.29, 0.717) is 5.78 Å². The van der Waals surface area contributed by atoms with E-state index in [2.05, 4.69) is 20.2 Å². The molecule has 5 nitrogen and oxygen atoms in total. The normalized spacial score (nSPS) is 10.7. The number of hydrogen-bond donors (Lipinski definition) is 0. The number of nitrogens with zero attached hydrogens (tertiary/aromatic N) is 5. The molecule has 0 amide bonds. The molecule has 0 spiro atoms. The van der Waals surface area contributed by atoms with Crippen molar-refractivity contribution in [2.75, 3.05) is 0 Å². The van der Waals surface area contributed by atoms with Gasteiger partial charge >= 0.3 is 0 Å². The van der Waals surface area contributed by atoms with E-state index in [0.717, 1.165) is 11.4 Å². The summed E-state index contributed by atoms with van der Waals surface area (Å²) in [4.78, 5) is 8.36. The lowest BCUT2D eigenvalue weighted by molar-refractivity contribution is 1.10. The van der Waals surface area contributed by atoms with E-state index in [1.54, 1.807) is 18.7 Å². The predicted molar refractivity (Wildman–Crippen MR) is 54.0 cm³/mol. The van der Waals surface area contributed by atoms with E-state index < -0.39 is 0 Å². The molecule has 0 saturated carbocycles. The summed E-state index contributed by atoms with van der Waals surface area (Å²) in [6.07, 6.45) is 5.09. The fraction of sp³-hybridized carbons (Fsp3) is 0. The molecule has 72 valence electrons. The van der Waals surface area contributed by atoms with Crippen LogP contribution in [-0.4, -0.2) is 24.6 Å². The number of fused-ring (bicyclic) bond motifs is 1. The fourth-order valence-electron chi connectivity index (χ4n) is 1.46. The first-order valence-corrected chi connectivity index (χ1v) is 4.51. The second kappa shape index (κ2) is 3.13. The summed E-state index contributed by atoms with van der Waals surface area (Å²) in [7, 11) is 0. The van der Waals surface area contributed by atoms with Crippen molar-refractivity contribution in [3.63, 3.8) is 0 Å². The van der Waals surface area contributed by atoms with E-state index in [1.165, 1.54) is 0 Å². The monoisotopic (exact) mass is 197 g/mol. The van der Waals surface area contributed by atoms with Gasteiger partial charge in [0.2, 0.25) is 0 Å². The van der Waals surface area contributed by atoms with E-state index >= 15 is 0 Å². The van der Waals surface area contributed by atoms with Gasteiger partial charge in [-0.2, -0.15) is 0 Å². The zero-order valence-corrected chi connectivity index (χ0v) is 7.78. The molecule has 0 atom stereocenters. The smallest absolute Gasteiger partial charge is 0.255 e. The molecule has 0 saturated heterocycles. The molecule has 0 radical (unpaired) electrons. The van der Waals surface area contributed by atoms with Crippen molar-refractivity contribution in [1.82, 2.24) is 24.6 Å². The van der Waals surface area contributed by atoms with Crippen LogP contribution in [-0.2, 0) is 0 Å². The van der Waals surface area contributed by atoms with Crippen LogP contribution in [0.3, 0.4) is 0 Å². The molecule has 0 bridgehead atoms. The highest BCUT2D eigenvalue weighted by molar-refractivity contribution is 5.56. The van der Waals surface area contributed by atoms with Gasteiger partial charge in [-0.1, -0.05) is 6.07 Å². The first-order valence-electron chi connectivity index (χ1n) is 4.51. The molecule has 3 aromatic heterocycles. The number of pyridine rings is 1. The summed E-state index contributed by atoms with van der Waals surface area (Å²) in [6, 6.07) is 7.65. The van der Waals surface area contributed by atoms with Crippen LogP contribution in [0, 0.1) is 0 Å². The van der Waals surface area contributed by atoms with Crippen LogP contribution < -0.4 is 0 Å². The highest BCUT2D eigenvalue weighted by Crippen LogP contribution is 2.15. The standard InChI is InChI=1S/C10H7N5/c1-2-5-11-8(3-1)9-4-6-12-10-14-13-7-15(9)10/h1-7H. The third-order valence-electron chi connectivity index (χ3n) is 2.14. The van der Waals surface area contributed by atoms with Crippen molar-refractivity contribution in [1.29, 1.82) is 0 Å². The Morgan fingerprint density at radius 2 is 2.00 bits per heavy atom. The van der Waals surface area contributed by atoms with Crippen LogP contribution in [0.4, 0.5) is 0 Å². The van der Waals surface area contributed by atoms with Crippen LogP contribution in [0.2, 0.25) is 0 Å². The largest absolute Gasteiger partial charge is 0.264 e. The predicted octanol–water partition coefficient (Wildman–Crippen LogP) is 1.19. The van der Waals surface area contributed by atoms with Gasteiger partial charge in [0.05, 0.1) is 11.4 Å². The summed E-state index contributed by atoms with van der Waals surface area (Å²) in [6.45, 7) is 0. The molecule has 0 N–H and O–H groups in total. The third-order valence-corrected chi connectivity index (χ3v) is 2.14. The summed E-state index contributed by atoms with van der Waals surface area (Å²) < 4.78 is 1.81. The third kappa shape index (κ3) is 1.25. The molecule has 3 heterocycles. The van der Waals surface area contributed by atoms with Gasteiger partial charge in [0.15, 0.2) is 0 Å². The molecule has 0 fully saturated rings. The zero-order chi connectivity index (χ0) is 10.1. The van der Waals surface area contributed by atoms with E-state index in [-0.39, 0.29) is 0 Å². The van der Waals surface area contributed by atoms with E-state index in [1.807, 2.05) is 28.7 Å². The van der Waals surface area contributed by atoms with Gasteiger partial charge in [0.25, 0.3) is 5.78 Å². The van der Waals surface area contributed by atoms with Crippen molar-refractivity contribution in [2.24, 2.45) is 0 Å². The van der Waals surface area contributed by atoms with Crippen LogP contribution >= 0.6 is 0 Å². The SMILES string of the molecule is c1ccc(-c2ccnc3nncn23)nc1. The van der Waals surface area contributed by atoms with Crippen molar-refractivity contribution in [3.05, 3.63) is 43.0 Å². The van der Waals surface area contributed by atoms with Crippen LogP contribution in [0.5, 0.6) is 0 Å². The first-order chi connectivity index (χ1) is 7.45. The molecule has 5 heteroatoms. The van der Waals surface area contributed by atoms with Gasteiger partial charge in [0.1, 0.15) is 6.33 Å². The Kier molecular flexibility index (Phi) is 1.68. The summed E-state index contributed by atoms with van der Waals surface area (Å²) in [5, 5.41) is 7.69. The Labute approximate surface area is 85.5 Å². The van der Waals surface area contributed by atoms with Gasteiger partial charge < -0.3 is 0 Å². The Morgan fingerprint density at radius 1 is 1.00 bits per heavy atom. The number of hydrogen-bond acceptors (Lipinski definition) is 4. The second-order valence-electron chi connectivity index (χ2n) is 3.05. The molecule has 0 aliphatic rings. The second-order valence-corrected chi connectivity index (χ2v) is 3.05. The van der Waals surface area contributed by atoms with E-state index in [9.17, 15) is 0 Å². The Balaban J connectivity index is 2.31. The fourth-order valence-corrected chi connectivity index (χ4v) is 1.46. The first kappa shape index (κ1) is 8.05. The minimum absolute atomic E-state index is 0.582. The molecule has 0 unspecified atom stereocenters. The average molecular weight is 197 g/mol. The lowest BCUT2D eigenvalue weighted by Gasteiger charge is -2.01. The van der Waals surface area contributed by atoms with Gasteiger partial charge in [0, 0.05) is 12.4 Å². The topological polar surface area (TPSA) is 56.0 Å². The zero-order valence-electron chi connectivity index (χ0n) is 7.78. The number of rotatable bonds is 1. The van der Waals surface area contributed by atoms with Crippen LogP contribution in [0.15, 0.2) is 43.0 Å². The van der Waals surface area contributed by atoms with Gasteiger partial charge in [-0.25, -0.2) is 4.98 Å². The molecule has 15 heavy (non-hydrogen) atoms. The maximum absolute atomic E-state index is 4.27. The van der Waals surface area contributed by atoms with E-state index in [4.69, 9.17) is 0 Å². The molecular formula is C10H7N5. The maximum atomic E-state index is 4.27. The van der Waals surface area contributed by atoms with Crippen LogP contribution in [0.1, 0.15) is 0 Å². The van der Waals surface area contributed by atoms with Gasteiger partial charge in [-0.05, 0) is 18.2 Å². The lowest BCUT2D eigenvalue weighted by Crippen LogP contribution is -1.94. The van der Waals surface area contributed by atoms with Crippen molar-refractivity contribution < 1.29 is 0 Å². The summed E-state index contributed by atoms with van der Waals surface area (Å²) in [5.74, 6) is 0.582. The Bertz CT molecular complexity index is 587. The molecule has 3 aromatic rings. The summed E-state index contributed by atoms with van der Waals surface area (Å²) >= 11 is 0. The molecule has 0 aliphatic heterocycles. The molecule has 0 aliphatic carbocycles. The van der Waals surface area contributed by atoms with Gasteiger partial charge in [-0.15, -0.1) is 10.2 Å². The molecule has 3 rings (SSSR count). The lowest BCUT2D eigenvalue weighted by atomic mass is 10.2. The number of aromatic nitrogens is 5. The highest BCUT2D eigenvalue weighted by Gasteiger charge is 2.04. The quantitative estimate of drug-likeness (QED) is 0.588. The Morgan fingerprint density at radius 3 is 2.87 bits per heavy atom. The van der Waals surface area contributed by atoms with Crippen LogP contribution in [0.25, 0.3) is 17.2 Å². The molecule has 0 aromatic carbocycles. The van der Waals surface area contributed by atoms with Crippen molar-refractivity contribution in [3.8, 4) is 11.4 Å². The minimum atomic E-state index is 0.582. The minimum Gasteiger partial charge on any atom is -0.264 e. The average Bonchev–Trinajstić information content (AvgIpc) is 2.78. The van der Waals surface area contributed by atoms with Crippen molar-refractivity contribution in [2.45, 2.75) is 0 Å². The molecular weight excluding hydrogens is 190 g/mol. The Hall–Kier alpha value is -2.30. The van der Waals surface area contributed by atoms with Gasteiger partial charge in [-0.3, -0.25) is 9.38 Å². The maximum Gasteiger partial charge on any atom is 0.255 e.